The van der Waals surface area contributed by atoms with Crippen LogP contribution in [0.25, 0.3) is 0 Å². The number of rotatable bonds is 9. The van der Waals surface area contributed by atoms with E-state index in [1.807, 2.05) is 0 Å². The summed E-state index contributed by atoms with van der Waals surface area (Å²) < 4.78 is 0. The molecule has 0 aromatic carbocycles. The predicted molar refractivity (Wildman–Crippen MR) is 94.8 cm³/mol. The summed E-state index contributed by atoms with van der Waals surface area (Å²) in [6, 6.07) is 0.351. The number of hydrogen-bond acceptors (Lipinski definition) is 3. The first-order valence-electron chi connectivity index (χ1n) is 7.98. The molecule has 21 heavy (non-hydrogen) atoms. The minimum atomic E-state index is 0. The number of carbonyl (C=O) groups is 1. The number of halogens is 2. The molecule has 1 rings (SSSR count). The van der Waals surface area contributed by atoms with Crippen molar-refractivity contribution in [1.29, 1.82) is 0 Å². The van der Waals surface area contributed by atoms with Crippen LogP contribution >= 0.6 is 24.8 Å². The van der Waals surface area contributed by atoms with E-state index in [1.54, 1.807) is 0 Å². The summed E-state index contributed by atoms with van der Waals surface area (Å²) in [5.74, 6) is 0.224. The zero-order valence-corrected chi connectivity index (χ0v) is 15.2. The lowest BCUT2D eigenvalue weighted by Gasteiger charge is -2.24. The standard InChI is InChI=1S/C15H31N3O.2ClH/c1-3-10-18(11-4-2)12-6-8-15(19)17-14-7-5-9-16-13-14;;/h14,16H,3-13H2,1-2H3,(H,17,19);2*1H. The molecule has 6 heteroatoms. The van der Waals surface area contributed by atoms with Gasteiger partial charge in [0.05, 0.1) is 0 Å². The maximum atomic E-state index is 11.9. The molecular formula is C15H33Cl2N3O. The number of amides is 1. The highest BCUT2D eigenvalue weighted by Gasteiger charge is 2.15. The van der Waals surface area contributed by atoms with E-state index in [1.165, 1.54) is 19.3 Å². The summed E-state index contributed by atoms with van der Waals surface area (Å²) >= 11 is 0. The van der Waals surface area contributed by atoms with Crippen molar-refractivity contribution >= 4 is 30.7 Å². The van der Waals surface area contributed by atoms with Crippen LogP contribution in [0.15, 0.2) is 0 Å². The molecule has 0 saturated carbocycles. The van der Waals surface area contributed by atoms with Crippen molar-refractivity contribution in [1.82, 2.24) is 15.5 Å². The molecule has 0 bridgehead atoms. The Morgan fingerprint density at radius 2 is 1.86 bits per heavy atom. The molecule has 1 amide bonds. The summed E-state index contributed by atoms with van der Waals surface area (Å²) in [6.07, 6.45) is 6.33. The van der Waals surface area contributed by atoms with E-state index in [2.05, 4.69) is 29.4 Å². The third kappa shape index (κ3) is 11.2. The van der Waals surface area contributed by atoms with Crippen molar-refractivity contribution in [3.8, 4) is 0 Å². The monoisotopic (exact) mass is 341 g/mol. The molecule has 1 aliphatic heterocycles. The number of piperidine rings is 1. The average molecular weight is 342 g/mol. The molecule has 0 aromatic heterocycles. The lowest BCUT2D eigenvalue weighted by Crippen LogP contribution is -2.45. The zero-order valence-electron chi connectivity index (χ0n) is 13.5. The lowest BCUT2D eigenvalue weighted by molar-refractivity contribution is -0.122. The molecule has 1 unspecified atom stereocenters. The van der Waals surface area contributed by atoms with E-state index in [-0.39, 0.29) is 30.7 Å². The quantitative estimate of drug-likeness (QED) is 0.677. The molecule has 1 saturated heterocycles. The Morgan fingerprint density at radius 3 is 2.38 bits per heavy atom. The van der Waals surface area contributed by atoms with Crippen LogP contribution in [0.4, 0.5) is 0 Å². The molecule has 1 aliphatic rings. The Kier molecular flexibility index (Phi) is 16.5. The van der Waals surface area contributed by atoms with Gasteiger partial charge in [0, 0.05) is 19.0 Å². The number of hydrogen-bond donors (Lipinski definition) is 2. The first kappa shape index (κ1) is 23.2. The van der Waals surface area contributed by atoms with Crippen LogP contribution in [0.3, 0.4) is 0 Å². The maximum Gasteiger partial charge on any atom is 0.220 e. The van der Waals surface area contributed by atoms with Crippen LogP contribution in [-0.4, -0.2) is 49.6 Å². The van der Waals surface area contributed by atoms with Gasteiger partial charge in [-0.15, -0.1) is 24.8 Å². The van der Waals surface area contributed by atoms with Crippen LogP contribution in [0, 0.1) is 0 Å². The van der Waals surface area contributed by atoms with Crippen LogP contribution in [-0.2, 0) is 4.79 Å². The molecule has 0 aromatic rings. The Hall–Kier alpha value is -0.0300. The van der Waals surface area contributed by atoms with Gasteiger partial charge in [-0.25, -0.2) is 0 Å². The molecule has 2 N–H and O–H groups in total. The fourth-order valence-corrected chi connectivity index (χ4v) is 2.71. The SMILES string of the molecule is CCCN(CCC)CCCC(=O)NC1CCCNC1.Cl.Cl. The summed E-state index contributed by atoms with van der Waals surface area (Å²) in [5.41, 5.74) is 0. The summed E-state index contributed by atoms with van der Waals surface area (Å²) in [7, 11) is 0. The van der Waals surface area contributed by atoms with Gasteiger partial charge < -0.3 is 15.5 Å². The van der Waals surface area contributed by atoms with E-state index in [0.717, 1.165) is 45.6 Å². The fourth-order valence-electron chi connectivity index (χ4n) is 2.71. The smallest absolute Gasteiger partial charge is 0.220 e. The Morgan fingerprint density at radius 1 is 1.19 bits per heavy atom. The van der Waals surface area contributed by atoms with E-state index >= 15 is 0 Å². The van der Waals surface area contributed by atoms with Crippen LogP contribution < -0.4 is 10.6 Å². The summed E-state index contributed by atoms with van der Waals surface area (Å²) in [5, 5.41) is 6.46. The third-order valence-electron chi connectivity index (χ3n) is 3.62. The van der Waals surface area contributed by atoms with Gasteiger partial charge in [-0.05, 0) is 58.3 Å². The molecule has 1 heterocycles. The molecule has 128 valence electrons. The van der Waals surface area contributed by atoms with Crippen molar-refractivity contribution in [2.75, 3.05) is 32.7 Å². The molecule has 4 nitrogen and oxygen atoms in total. The molecule has 1 fully saturated rings. The second-order valence-corrected chi connectivity index (χ2v) is 5.56. The van der Waals surface area contributed by atoms with Gasteiger partial charge in [0.25, 0.3) is 0 Å². The predicted octanol–water partition coefficient (Wildman–Crippen LogP) is 2.60. The van der Waals surface area contributed by atoms with E-state index in [4.69, 9.17) is 0 Å². The molecular weight excluding hydrogens is 309 g/mol. The van der Waals surface area contributed by atoms with E-state index in [0.29, 0.717) is 12.5 Å². The fraction of sp³-hybridized carbons (Fsp3) is 0.933. The van der Waals surface area contributed by atoms with Gasteiger partial charge in [0.15, 0.2) is 0 Å². The second kappa shape index (κ2) is 14.9. The van der Waals surface area contributed by atoms with Crippen molar-refractivity contribution in [3.63, 3.8) is 0 Å². The average Bonchev–Trinajstić information content (AvgIpc) is 2.40. The normalized spacial score (nSPS) is 17.8. The van der Waals surface area contributed by atoms with Gasteiger partial charge in [-0.3, -0.25) is 4.79 Å². The Labute approximate surface area is 142 Å². The maximum absolute atomic E-state index is 11.9. The first-order valence-corrected chi connectivity index (χ1v) is 7.98. The van der Waals surface area contributed by atoms with Crippen molar-refractivity contribution in [2.24, 2.45) is 0 Å². The van der Waals surface area contributed by atoms with Gasteiger partial charge in [0.2, 0.25) is 5.91 Å². The topological polar surface area (TPSA) is 44.4 Å². The van der Waals surface area contributed by atoms with E-state index in [9.17, 15) is 4.79 Å². The van der Waals surface area contributed by atoms with Gasteiger partial charge in [-0.1, -0.05) is 13.8 Å². The Balaban J connectivity index is 0. The van der Waals surface area contributed by atoms with Crippen LogP contribution in [0.5, 0.6) is 0 Å². The van der Waals surface area contributed by atoms with Gasteiger partial charge >= 0.3 is 0 Å². The largest absolute Gasteiger partial charge is 0.352 e. The summed E-state index contributed by atoms with van der Waals surface area (Å²) in [4.78, 5) is 14.3. The highest BCUT2D eigenvalue weighted by atomic mass is 35.5. The minimum absolute atomic E-state index is 0. The first-order chi connectivity index (χ1) is 9.26. The molecule has 1 atom stereocenters. The minimum Gasteiger partial charge on any atom is -0.352 e. The van der Waals surface area contributed by atoms with Crippen molar-refractivity contribution in [3.05, 3.63) is 0 Å². The van der Waals surface area contributed by atoms with Gasteiger partial charge in [-0.2, -0.15) is 0 Å². The highest BCUT2D eigenvalue weighted by Crippen LogP contribution is 2.03. The number of nitrogens with one attached hydrogen (secondary N) is 2. The van der Waals surface area contributed by atoms with Crippen LogP contribution in [0.2, 0.25) is 0 Å². The van der Waals surface area contributed by atoms with Crippen molar-refractivity contribution in [2.45, 2.75) is 58.4 Å². The van der Waals surface area contributed by atoms with Crippen molar-refractivity contribution < 1.29 is 4.79 Å². The molecule has 0 radical (unpaired) electrons. The second-order valence-electron chi connectivity index (χ2n) is 5.56. The highest BCUT2D eigenvalue weighted by molar-refractivity contribution is 5.85. The summed E-state index contributed by atoms with van der Waals surface area (Å²) in [6.45, 7) is 9.82. The number of nitrogens with zero attached hydrogens (tertiary/aromatic N) is 1. The van der Waals surface area contributed by atoms with Crippen LogP contribution in [0.1, 0.15) is 52.4 Å². The number of carbonyl (C=O) groups excluding carboxylic acids is 1. The van der Waals surface area contributed by atoms with Gasteiger partial charge in [0.1, 0.15) is 0 Å². The van der Waals surface area contributed by atoms with E-state index < -0.39 is 0 Å². The third-order valence-corrected chi connectivity index (χ3v) is 3.62. The molecule has 0 aliphatic carbocycles. The Bertz CT molecular complexity index is 243. The lowest BCUT2D eigenvalue weighted by atomic mass is 10.1. The zero-order chi connectivity index (χ0) is 13.9. The molecule has 0 spiro atoms.